The number of alkyl carbamates (subject to hydrolysis) is 1. The number of amides is 2. The van der Waals surface area contributed by atoms with Gasteiger partial charge in [0.05, 0.1) is 5.54 Å². The number of carbonyl (C=O) groups is 2. The van der Waals surface area contributed by atoms with Crippen LogP contribution in [0.2, 0.25) is 0 Å². The normalized spacial score (nSPS) is 24.9. The van der Waals surface area contributed by atoms with Crippen LogP contribution in [-0.4, -0.2) is 41.3 Å². The van der Waals surface area contributed by atoms with E-state index in [2.05, 4.69) is 5.32 Å². The van der Waals surface area contributed by atoms with E-state index in [1.807, 2.05) is 51.1 Å². The van der Waals surface area contributed by atoms with Crippen molar-refractivity contribution in [3.8, 4) is 0 Å². The fourth-order valence-corrected chi connectivity index (χ4v) is 4.12. The molecule has 2 atom stereocenters. The number of carbonyl (C=O) groups excluding carboxylic acids is 2. The van der Waals surface area contributed by atoms with Crippen LogP contribution in [0.15, 0.2) is 30.3 Å². The molecule has 148 valence electrons. The average molecular weight is 374 g/mol. The summed E-state index contributed by atoms with van der Waals surface area (Å²) in [5, 5.41) is 3.10. The van der Waals surface area contributed by atoms with Gasteiger partial charge in [0.25, 0.3) is 0 Å². The van der Waals surface area contributed by atoms with Crippen LogP contribution >= 0.6 is 0 Å². The van der Waals surface area contributed by atoms with Crippen LogP contribution in [0, 0.1) is 5.92 Å². The molecule has 0 aromatic heterocycles. The van der Waals surface area contributed by atoms with Gasteiger partial charge in [-0.25, -0.2) is 9.59 Å². The summed E-state index contributed by atoms with van der Waals surface area (Å²) < 4.78 is 11.0. The van der Waals surface area contributed by atoms with Gasteiger partial charge in [0.1, 0.15) is 12.2 Å². The molecule has 1 heterocycles. The van der Waals surface area contributed by atoms with E-state index in [0.717, 1.165) is 31.2 Å². The van der Waals surface area contributed by atoms with Crippen LogP contribution in [0.4, 0.5) is 9.59 Å². The summed E-state index contributed by atoms with van der Waals surface area (Å²) in [7, 11) is 0. The average Bonchev–Trinajstić information content (AvgIpc) is 2.98. The number of rotatable bonds is 3. The standard InChI is InChI=1S/C21H30N2O4/c1-20(2,3)27-18(24)22-21-12-8-7-11-17(21)13-23(15-21)19(25)26-14-16-9-5-4-6-10-16/h4-6,9-10,17H,7-8,11-15H2,1-3H3,(H,22,24)/t17-,21-/m1/s1. The second kappa shape index (κ2) is 7.79. The fraction of sp³-hybridized carbons (Fsp3) is 0.619. The molecule has 1 saturated carbocycles. The van der Waals surface area contributed by atoms with Crippen molar-refractivity contribution in [3.63, 3.8) is 0 Å². The van der Waals surface area contributed by atoms with Gasteiger partial charge < -0.3 is 19.7 Å². The molecule has 27 heavy (non-hydrogen) atoms. The number of ether oxygens (including phenoxy) is 2. The highest BCUT2D eigenvalue weighted by Gasteiger charge is 2.50. The van der Waals surface area contributed by atoms with Crippen molar-refractivity contribution in [1.29, 1.82) is 0 Å². The Balaban J connectivity index is 1.62. The lowest BCUT2D eigenvalue weighted by Gasteiger charge is -2.39. The van der Waals surface area contributed by atoms with E-state index in [1.165, 1.54) is 0 Å². The van der Waals surface area contributed by atoms with E-state index in [1.54, 1.807) is 4.90 Å². The third-order valence-corrected chi connectivity index (χ3v) is 5.33. The molecular weight excluding hydrogens is 344 g/mol. The molecule has 1 aliphatic heterocycles. The summed E-state index contributed by atoms with van der Waals surface area (Å²) in [5.74, 6) is 0.239. The van der Waals surface area contributed by atoms with Gasteiger partial charge in [-0.1, -0.05) is 43.2 Å². The van der Waals surface area contributed by atoms with Crippen molar-refractivity contribution in [1.82, 2.24) is 10.2 Å². The highest BCUT2D eigenvalue weighted by Crippen LogP contribution is 2.40. The van der Waals surface area contributed by atoms with Gasteiger partial charge in [-0.2, -0.15) is 0 Å². The van der Waals surface area contributed by atoms with Crippen LogP contribution in [-0.2, 0) is 16.1 Å². The molecule has 0 spiro atoms. The molecule has 1 aromatic rings. The minimum absolute atomic E-state index is 0.239. The molecule has 1 aliphatic carbocycles. The molecule has 0 bridgehead atoms. The summed E-state index contributed by atoms with van der Waals surface area (Å²) in [5.41, 5.74) is 0.00787. The Morgan fingerprint density at radius 1 is 1.22 bits per heavy atom. The minimum Gasteiger partial charge on any atom is -0.445 e. The van der Waals surface area contributed by atoms with E-state index in [-0.39, 0.29) is 18.6 Å². The van der Waals surface area contributed by atoms with Crippen molar-refractivity contribution >= 4 is 12.2 Å². The largest absolute Gasteiger partial charge is 0.445 e. The molecule has 2 amide bonds. The minimum atomic E-state index is -0.544. The highest BCUT2D eigenvalue weighted by atomic mass is 16.6. The monoisotopic (exact) mass is 374 g/mol. The van der Waals surface area contributed by atoms with Gasteiger partial charge >= 0.3 is 12.2 Å². The van der Waals surface area contributed by atoms with Gasteiger partial charge in [0.15, 0.2) is 0 Å². The first-order valence-corrected chi connectivity index (χ1v) is 9.74. The molecule has 6 nitrogen and oxygen atoms in total. The zero-order chi connectivity index (χ0) is 19.5. The summed E-state index contributed by atoms with van der Waals surface area (Å²) in [6.45, 7) is 6.90. The topological polar surface area (TPSA) is 67.9 Å². The lowest BCUT2D eigenvalue weighted by molar-refractivity contribution is 0.0396. The molecule has 0 unspecified atom stereocenters. The van der Waals surface area contributed by atoms with E-state index in [9.17, 15) is 9.59 Å². The molecule has 1 saturated heterocycles. The number of benzene rings is 1. The number of nitrogens with zero attached hydrogens (tertiary/aromatic N) is 1. The Bertz CT molecular complexity index is 671. The van der Waals surface area contributed by atoms with Crippen LogP contribution < -0.4 is 5.32 Å². The first-order chi connectivity index (χ1) is 12.8. The molecule has 1 aromatic carbocycles. The Kier molecular flexibility index (Phi) is 5.63. The van der Waals surface area contributed by atoms with Gasteiger partial charge in [-0.15, -0.1) is 0 Å². The molecule has 0 radical (unpaired) electrons. The summed E-state index contributed by atoms with van der Waals surface area (Å²) in [4.78, 5) is 26.7. The summed E-state index contributed by atoms with van der Waals surface area (Å²) in [6, 6.07) is 9.65. The smallest absolute Gasteiger partial charge is 0.410 e. The Hall–Kier alpha value is -2.24. The van der Waals surface area contributed by atoms with Crippen LogP contribution in [0.1, 0.15) is 52.0 Å². The van der Waals surface area contributed by atoms with E-state index in [0.29, 0.717) is 13.1 Å². The predicted molar refractivity (Wildman–Crippen MR) is 102 cm³/mol. The lowest BCUT2D eigenvalue weighted by atomic mass is 9.75. The van der Waals surface area contributed by atoms with Gasteiger partial charge in [0.2, 0.25) is 0 Å². The summed E-state index contributed by atoms with van der Waals surface area (Å²) in [6.07, 6.45) is 3.29. The molecule has 1 N–H and O–H groups in total. The number of fused-ring (bicyclic) bond motifs is 1. The second-order valence-corrected chi connectivity index (χ2v) is 8.65. The lowest BCUT2D eigenvalue weighted by Crippen LogP contribution is -2.56. The maximum Gasteiger partial charge on any atom is 0.410 e. The molecule has 2 fully saturated rings. The zero-order valence-corrected chi connectivity index (χ0v) is 16.5. The SMILES string of the molecule is CC(C)(C)OC(=O)N[C@@]12CCCC[C@@H]1CN(C(=O)OCc1ccccc1)C2. The highest BCUT2D eigenvalue weighted by molar-refractivity contribution is 5.71. The molecule has 6 heteroatoms. The third-order valence-electron chi connectivity index (χ3n) is 5.33. The van der Waals surface area contributed by atoms with Crippen LogP contribution in [0.3, 0.4) is 0 Å². The van der Waals surface area contributed by atoms with E-state index in [4.69, 9.17) is 9.47 Å². The Labute approximate surface area is 161 Å². The number of hydrogen-bond donors (Lipinski definition) is 1. The number of nitrogens with one attached hydrogen (secondary N) is 1. The number of hydrogen-bond acceptors (Lipinski definition) is 4. The second-order valence-electron chi connectivity index (χ2n) is 8.65. The van der Waals surface area contributed by atoms with E-state index >= 15 is 0 Å². The third kappa shape index (κ3) is 4.93. The van der Waals surface area contributed by atoms with Gasteiger partial charge in [-0.3, -0.25) is 0 Å². The number of likely N-dealkylation sites (tertiary alicyclic amines) is 1. The quantitative estimate of drug-likeness (QED) is 0.865. The van der Waals surface area contributed by atoms with Crippen LogP contribution in [0.5, 0.6) is 0 Å². The van der Waals surface area contributed by atoms with Crippen molar-refractivity contribution in [2.24, 2.45) is 5.92 Å². The first kappa shape index (κ1) is 19.5. The maximum absolute atomic E-state index is 12.6. The molecular formula is C21H30N2O4. The van der Waals surface area contributed by atoms with Crippen molar-refractivity contribution in [2.75, 3.05) is 13.1 Å². The molecule has 2 aliphatic rings. The predicted octanol–water partition coefficient (Wildman–Crippen LogP) is 4.09. The Morgan fingerprint density at radius 2 is 1.96 bits per heavy atom. The zero-order valence-electron chi connectivity index (χ0n) is 16.5. The fourth-order valence-electron chi connectivity index (χ4n) is 4.12. The summed E-state index contributed by atoms with van der Waals surface area (Å²) >= 11 is 0. The molecule has 3 rings (SSSR count). The van der Waals surface area contributed by atoms with E-state index < -0.39 is 17.2 Å². The first-order valence-electron chi connectivity index (χ1n) is 9.74. The maximum atomic E-state index is 12.6. The Morgan fingerprint density at radius 3 is 2.67 bits per heavy atom. The van der Waals surface area contributed by atoms with Gasteiger partial charge in [-0.05, 0) is 39.2 Å². The van der Waals surface area contributed by atoms with Crippen molar-refractivity contribution in [2.45, 2.75) is 64.2 Å². The van der Waals surface area contributed by atoms with Crippen molar-refractivity contribution < 1.29 is 19.1 Å². The van der Waals surface area contributed by atoms with Gasteiger partial charge in [0, 0.05) is 19.0 Å². The van der Waals surface area contributed by atoms with Crippen LogP contribution in [0.25, 0.3) is 0 Å². The van der Waals surface area contributed by atoms with Crippen molar-refractivity contribution in [3.05, 3.63) is 35.9 Å².